The molecule has 2 saturated carbocycles. The van der Waals surface area contributed by atoms with Gasteiger partial charge in [0.1, 0.15) is 0 Å². The number of nitrogens with one attached hydrogen (secondary N) is 1. The van der Waals surface area contributed by atoms with Gasteiger partial charge in [-0.05, 0) is 42.9 Å². The van der Waals surface area contributed by atoms with Gasteiger partial charge < -0.3 is 4.90 Å². The fraction of sp³-hybridized carbons (Fsp3) is 0.941. The summed E-state index contributed by atoms with van der Waals surface area (Å²) in [5.41, 5.74) is 0.0366. The zero-order chi connectivity index (χ0) is 14.5. The Morgan fingerprint density at radius 3 is 2.40 bits per heavy atom. The Labute approximate surface area is 123 Å². The Bertz CT molecular complexity index is 392. The van der Waals surface area contributed by atoms with Crippen molar-refractivity contribution in [2.24, 2.45) is 17.3 Å². The molecule has 3 fully saturated rings. The monoisotopic (exact) mass is 278 g/mol. The van der Waals surface area contributed by atoms with Gasteiger partial charge in [0, 0.05) is 6.54 Å². The van der Waals surface area contributed by atoms with Gasteiger partial charge in [-0.15, -0.1) is 0 Å². The molecule has 0 aromatic heterocycles. The molecular weight excluding hydrogens is 248 g/mol. The van der Waals surface area contributed by atoms with Gasteiger partial charge in [0.25, 0.3) is 0 Å². The number of carbonyl (C=O) groups is 1. The second-order valence-electron chi connectivity index (χ2n) is 8.29. The van der Waals surface area contributed by atoms with E-state index in [0.717, 1.165) is 19.4 Å². The topological polar surface area (TPSA) is 32.3 Å². The molecule has 1 saturated heterocycles. The Morgan fingerprint density at radius 1 is 1.30 bits per heavy atom. The molecule has 0 radical (unpaired) electrons. The first kappa shape index (κ1) is 14.4. The quantitative estimate of drug-likeness (QED) is 0.857. The van der Waals surface area contributed by atoms with Crippen LogP contribution in [0.3, 0.4) is 0 Å². The first-order valence-corrected chi connectivity index (χ1v) is 8.44. The summed E-state index contributed by atoms with van der Waals surface area (Å²) in [6.07, 6.45) is 7.67. The molecule has 20 heavy (non-hydrogen) atoms. The van der Waals surface area contributed by atoms with Crippen molar-refractivity contribution in [1.29, 1.82) is 0 Å². The molecule has 1 N–H and O–H groups in total. The molecule has 3 aliphatic rings. The first-order chi connectivity index (χ1) is 9.36. The van der Waals surface area contributed by atoms with E-state index in [9.17, 15) is 4.79 Å². The van der Waals surface area contributed by atoms with Crippen LogP contribution in [0.4, 0.5) is 0 Å². The van der Waals surface area contributed by atoms with Crippen LogP contribution >= 0.6 is 0 Å². The van der Waals surface area contributed by atoms with E-state index < -0.39 is 0 Å². The summed E-state index contributed by atoms with van der Waals surface area (Å²) < 4.78 is 0. The molecule has 1 aliphatic heterocycles. The molecule has 2 aliphatic carbocycles. The normalized spacial score (nSPS) is 29.9. The lowest BCUT2D eigenvalue weighted by Crippen LogP contribution is -2.47. The van der Waals surface area contributed by atoms with Crippen molar-refractivity contribution < 1.29 is 4.79 Å². The number of hydrogen-bond donors (Lipinski definition) is 1. The van der Waals surface area contributed by atoms with E-state index in [1.807, 2.05) is 0 Å². The minimum absolute atomic E-state index is 0.152. The van der Waals surface area contributed by atoms with Crippen molar-refractivity contribution >= 4 is 5.91 Å². The van der Waals surface area contributed by atoms with Crippen LogP contribution in [-0.2, 0) is 4.79 Å². The van der Waals surface area contributed by atoms with Gasteiger partial charge in [-0.2, -0.15) is 0 Å². The summed E-state index contributed by atoms with van der Waals surface area (Å²) in [7, 11) is 0. The molecule has 3 rings (SSSR count). The Kier molecular flexibility index (Phi) is 3.39. The minimum atomic E-state index is -0.152. The molecule has 0 aromatic carbocycles. The number of nitrogens with zero attached hydrogens (tertiary/aromatic N) is 1. The van der Waals surface area contributed by atoms with Crippen molar-refractivity contribution in [2.45, 2.75) is 77.9 Å². The summed E-state index contributed by atoms with van der Waals surface area (Å²) in [5, 5.41) is 3.72. The Balaban J connectivity index is 1.79. The maximum atomic E-state index is 12.8. The Hall–Kier alpha value is -0.570. The zero-order valence-electron chi connectivity index (χ0n) is 13.5. The summed E-state index contributed by atoms with van der Waals surface area (Å²) in [5.74, 6) is 1.67. The molecule has 1 spiro atoms. The van der Waals surface area contributed by atoms with E-state index in [1.165, 1.54) is 25.7 Å². The molecule has 3 nitrogen and oxygen atoms in total. The number of hydrogen-bond acceptors (Lipinski definition) is 2. The molecule has 1 amide bonds. The van der Waals surface area contributed by atoms with E-state index in [4.69, 9.17) is 0 Å². The molecule has 0 bridgehead atoms. The fourth-order valence-electron chi connectivity index (χ4n) is 3.74. The highest BCUT2D eigenvalue weighted by Gasteiger charge is 2.60. The molecule has 1 heterocycles. The van der Waals surface area contributed by atoms with Gasteiger partial charge in [-0.25, -0.2) is 0 Å². The van der Waals surface area contributed by atoms with Crippen LogP contribution in [-0.4, -0.2) is 29.1 Å². The highest BCUT2D eigenvalue weighted by atomic mass is 16.2. The summed E-state index contributed by atoms with van der Waals surface area (Å²) in [6, 6.07) is 0. The molecular formula is C17H30N2O. The van der Waals surface area contributed by atoms with Crippen LogP contribution in [0, 0.1) is 17.3 Å². The van der Waals surface area contributed by atoms with Gasteiger partial charge >= 0.3 is 0 Å². The predicted molar refractivity (Wildman–Crippen MR) is 81.2 cm³/mol. The standard InChI is InChI=1S/C17H30N2O/c1-12(2)16(3,4)11-19-14(13-7-5-6-8-13)18-17(9-10-17)15(19)20/h12-14,18H,5-11H2,1-4H3. The number of rotatable bonds is 4. The van der Waals surface area contributed by atoms with Crippen LogP contribution < -0.4 is 5.32 Å². The van der Waals surface area contributed by atoms with Gasteiger partial charge in [-0.1, -0.05) is 40.5 Å². The van der Waals surface area contributed by atoms with Crippen LogP contribution in [0.25, 0.3) is 0 Å². The van der Waals surface area contributed by atoms with E-state index >= 15 is 0 Å². The van der Waals surface area contributed by atoms with Crippen molar-refractivity contribution in [3.63, 3.8) is 0 Å². The highest BCUT2D eigenvalue weighted by molar-refractivity contribution is 5.91. The second-order valence-corrected chi connectivity index (χ2v) is 8.29. The van der Waals surface area contributed by atoms with E-state index in [1.54, 1.807) is 0 Å². The van der Waals surface area contributed by atoms with Crippen molar-refractivity contribution in [3.8, 4) is 0 Å². The largest absolute Gasteiger partial charge is 0.325 e. The number of amides is 1. The molecule has 3 heteroatoms. The lowest BCUT2D eigenvalue weighted by Gasteiger charge is -2.38. The predicted octanol–water partition coefficient (Wildman–Crippen LogP) is 3.15. The second kappa shape index (κ2) is 4.72. The summed E-state index contributed by atoms with van der Waals surface area (Å²) in [4.78, 5) is 15.0. The number of carbonyl (C=O) groups excluding carboxylic acids is 1. The molecule has 1 atom stereocenters. The van der Waals surface area contributed by atoms with Gasteiger partial charge in [0.2, 0.25) is 5.91 Å². The lowest BCUT2D eigenvalue weighted by atomic mass is 9.80. The minimum Gasteiger partial charge on any atom is -0.325 e. The zero-order valence-corrected chi connectivity index (χ0v) is 13.5. The van der Waals surface area contributed by atoms with Gasteiger partial charge in [0.05, 0.1) is 11.7 Å². The average Bonchev–Trinajstić information content (AvgIpc) is 2.86. The van der Waals surface area contributed by atoms with Crippen molar-refractivity contribution in [3.05, 3.63) is 0 Å². The third kappa shape index (κ3) is 2.28. The summed E-state index contributed by atoms with van der Waals surface area (Å²) in [6.45, 7) is 10.0. The molecule has 0 aromatic rings. The van der Waals surface area contributed by atoms with Gasteiger partial charge in [0.15, 0.2) is 0 Å². The average molecular weight is 278 g/mol. The van der Waals surface area contributed by atoms with Crippen molar-refractivity contribution in [1.82, 2.24) is 10.2 Å². The smallest absolute Gasteiger partial charge is 0.244 e. The molecule has 114 valence electrons. The van der Waals surface area contributed by atoms with E-state index in [-0.39, 0.29) is 11.0 Å². The fourth-order valence-corrected chi connectivity index (χ4v) is 3.74. The van der Waals surface area contributed by atoms with Crippen LogP contribution in [0.5, 0.6) is 0 Å². The first-order valence-electron chi connectivity index (χ1n) is 8.44. The van der Waals surface area contributed by atoms with Crippen molar-refractivity contribution in [2.75, 3.05) is 6.54 Å². The third-order valence-electron chi connectivity index (χ3n) is 6.17. The third-order valence-corrected chi connectivity index (χ3v) is 6.17. The maximum Gasteiger partial charge on any atom is 0.244 e. The van der Waals surface area contributed by atoms with Crippen LogP contribution in [0.15, 0.2) is 0 Å². The highest BCUT2D eigenvalue weighted by Crippen LogP contribution is 2.46. The molecule has 1 unspecified atom stereocenters. The van der Waals surface area contributed by atoms with Gasteiger partial charge in [-0.3, -0.25) is 10.1 Å². The Morgan fingerprint density at radius 2 is 1.90 bits per heavy atom. The SMILES string of the molecule is CC(C)C(C)(C)CN1C(=O)C2(CC2)NC1C1CCCC1. The lowest BCUT2D eigenvalue weighted by molar-refractivity contribution is -0.133. The van der Waals surface area contributed by atoms with E-state index in [0.29, 0.717) is 23.9 Å². The van der Waals surface area contributed by atoms with Crippen LogP contribution in [0.1, 0.15) is 66.2 Å². The van der Waals surface area contributed by atoms with Crippen LogP contribution in [0.2, 0.25) is 0 Å². The maximum absolute atomic E-state index is 12.8. The summed E-state index contributed by atoms with van der Waals surface area (Å²) >= 11 is 0. The van der Waals surface area contributed by atoms with E-state index in [2.05, 4.69) is 37.9 Å².